The molecule has 16 heavy (non-hydrogen) atoms. The summed E-state index contributed by atoms with van der Waals surface area (Å²) in [5, 5.41) is 5.70. The second-order valence-electron chi connectivity index (χ2n) is 3.55. The maximum absolute atomic E-state index is 11.3. The van der Waals surface area contributed by atoms with Gasteiger partial charge in [0.25, 0.3) is 0 Å². The van der Waals surface area contributed by atoms with E-state index in [2.05, 4.69) is 10.6 Å². The van der Waals surface area contributed by atoms with E-state index in [1.54, 1.807) is 6.92 Å². The van der Waals surface area contributed by atoms with Crippen LogP contribution in [0.2, 0.25) is 0 Å². The van der Waals surface area contributed by atoms with Gasteiger partial charge in [-0.15, -0.1) is 0 Å². The molecular formula is C9H17N3O2S2. The van der Waals surface area contributed by atoms with Crippen LogP contribution in [0.1, 0.15) is 6.92 Å². The highest BCUT2D eigenvalue weighted by Gasteiger charge is 2.18. The predicted molar refractivity (Wildman–Crippen MR) is 68.8 cm³/mol. The predicted octanol–water partition coefficient (Wildman–Crippen LogP) is 0.00800. The van der Waals surface area contributed by atoms with Crippen molar-refractivity contribution in [2.24, 2.45) is 5.73 Å². The first-order chi connectivity index (χ1) is 7.59. The Balaban J connectivity index is 2.20. The average molecular weight is 263 g/mol. The second kappa shape index (κ2) is 7.03. The molecule has 0 aromatic carbocycles. The number of amides is 3. The Morgan fingerprint density at radius 2 is 2.25 bits per heavy atom. The Hall–Kier alpha value is -0.400. The van der Waals surface area contributed by atoms with Gasteiger partial charge in [0.15, 0.2) is 0 Å². The molecule has 1 heterocycles. The number of hydrogen-bond donors (Lipinski definition) is 3. The number of urea groups is 1. The van der Waals surface area contributed by atoms with E-state index in [0.717, 1.165) is 12.3 Å². The lowest BCUT2D eigenvalue weighted by Gasteiger charge is -2.22. The molecule has 2 unspecified atom stereocenters. The zero-order chi connectivity index (χ0) is 12.0. The number of rotatable bonds is 4. The standard InChI is InChI=1S/C9H17N3O2S2/c1-6(8(13)12-9(10)14)11-4-7-5-15-2-3-16-7/h6-7,11H,2-5H2,1H3,(H3,10,12,13,14). The first kappa shape index (κ1) is 13.7. The zero-order valence-corrected chi connectivity index (χ0v) is 10.8. The van der Waals surface area contributed by atoms with Crippen LogP contribution < -0.4 is 16.4 Å². The van der Waals surface area contributed by atoms with Crippen LogP contribution in [0.15, 0.2) is 0 Å². The van der Waals surface area contributed by atoms with E-state index in [1.165, 1.54) is 11.5 Å². The molecule has 1 aliphatic heterocycles. The third kappa shape index (κ3) is 5.09. The summed E-state index contributed by atoms with van der Waals surface area (Å²) in [6.45, 7) is 2.50. The molecule has 0 radical (unpaired) electrons. The van der Waals surface area contributed by atoms with Crippen LogP contribution in [0, 0.1) is 0 Å². The number of carbonyl (C=O) groups is 2. The van der Waals surface area contributed by atoms with Gasteiger partial charge in [0.2, 0.25) is 5.91 Å². The Kier molecular flexibility index (Phi) is 6.00. The molecule has 0 spiro atoms. The molecule has 1 saturated heterocycles. The number of thioether (sulfide) groups is 2. The van der Waals surface area contributed by atoms with Crippen LogP contribution in [0.4, 0.5) is 4.79 Å². The summed E-state index contributed by atoms with van der Waals surface area (Å²) in [4.78, 5) is 21.8. The molecule has 3 amide bonds. The molecule has 1 fully saturated rings. The number of nitrogens with one attached hydrogen (secondary N) is 2. The maximum atomic E-state index is 11.3. The summed E-state index contributed by atoms with van der Waals surface area (Å²) in [6.07, 6.45) is 0. The number of primary amides is 1. The molecule has 0 aliphatic carbocycles. The van der Waals surface area contributed by atoms with E-state index in [-0.39, 0.29) is 11.9 Å². The van der Waals surface area contributed by atoms with E-state index in [0.29, 0.717) is 5.25 Å². The van der Waals surface area contributed by atoms with Crippen LogP contribution in [0.3, 0.4) is 0 Å². The molecule has 0 aromatic heterocycles. The van der Waals surface area contributed by atoms with Crippen molar-refractivity contribution in [2.75, 3.05) is 23.8 Å². The fourth-order valence-electron chi connectivity index (χ4n) is 1.29. The molecule has 7 heteroatoms. The normalized spacial score (nSPS) is 22.4. The summed E-state index contributed by atoms with van der Waals surface area (Å²) < 4.78 is 0. The third-order valence-electron chi connectivity index (χ3n) is 2.18. The topological polar surface area (TPSA) is 84.2 Å². The second-order valence-corrected chi connectivity index (χ2v) is 6.11. The minimum atomic E-state index is -0.804. The molecule has 1 rings (SSSR count). The number of nitrogens with two attached hydrogens (primary N) is 1. The average Bonchev–Trinajstić information content (AvgIpc) is 2.26. The van der Waals surface area contributed by atoms with Gasteiger partial charge in [-0.3, -0.25) is 10.1 Å². The minimum Gasteiger partial charge on any atom is -0.351 e. The van der Waals surface area contributed by atoms with Crippen molar-refractivity contribution in [3.63, 3.8) is 0 Å². The van der Waals surface area contributed by atoms with Crippen LogP contribution in [-0.2, 0) is 4.79 Å². The van der Waals surface area contributed by atoms with E-state index < -0.39 is 6.03 Å². The smallest absolute Gasteiger partial charge is 0.318 e. The van der Waals surface area contributed by atoms with Gasteiger partial charge in [-0.05, 0) is 6.92 Å². The molecule has 92 valence electrons. The van der Waals surface area contributed by atoms with E-state index in [1.807, 2.05) is 23.5 Å². The van der Waals surface area contributed by atoms with Gasteiger partial charge in [0.05, 0.1) is 6.04 Å². The van der Waals surface area contributed by atoms with Crippen molar-refractivity contribution in [3.05, 3.63) is 0 Å². The van der Waals surface area contributed by atoms with Crippen LogP contribution in [0.5, 0.6) is 0 Å². The number of carbonyl (C=O) groups excluding carboxylic acids is 2. The Bertz CT molecular complexity index is 257. The molecular weight excluding hydrogens is 246 g/mol. The van der Waals surface area contributed by atoms with Crippen LogP contribution >= 0.6 is 23.5 Å². The molecule has 4 N–H and O–H groups in total. The van der Waals surface area contributed by atoms with Crippen molar-refractivity contribution in [2.45, 2.75) is 18.2 Å². The van der Waals surface area contributed by atoms with E-state index >= 15 is 0 Å². The van der Waals surface area contributed by atoms with Gasteiger partial charge in [-0.25, -0.2) is 4.79 Å². The van der Waals surface area contributed by atoms with E-state index in [9.17, 15) is 9.59 Å². The Morgan fingerprint density at radius 3 is 2.81 bits per heavy atom. The largest absolute Gasteiger partial charge is 0.351 e. The van der Waals surface area contributed by atoms with Gasteiger partial charge >= 0.3 is 6.03 Å². The minimum absolute atomic E-state index is 0.374. The molecule has 1 aliphatic rings. The Labute approximate surface area is 104 Å². The number of hydrogen-bond acceptors (Lipinski definition) is 5. The van der Waals surface area contributed by atoms with Gasteiger partial charge in [-0.2, -0.15) is 23.5 Å². The van der Waals surface area contributed by atoms with Crippen molar-refractivity contribution in [1.82, 2.24) is 10.6 Å². The third-order valence-corrected chi connectivity index (χ3v) is 5.02. The summed E-state index contributed by atoms with van der Waals surface area (Å²) in [5.74, 6) is 3.11. The van der Waals surface area contributed by atoms with Gasteiger partial charge in [0.1, 0.15) is 0 Å². The highest BCUT2D eigenvalue weighted by molar-refractivity contribution is 8.06. The maximum Gasteiger partial charge on any atom is 0.318 e. The van der Waals surface area contributed by atoms with Crippen LogP contribution in [0.25, 0.3) is 0 Å². The molecule has 0 bridgehead atoms. The monoisotopic (exact) mass is 263 g/mol. The van der Waals surface area contributed by atoms with Gasteiger partial charge in [-0.1, -0.05) is 0 Å². The Morgan fingerprint density at radius 1 is 1.50 bits per heavy atom. The SMILES string of the molecule is CC(NCC1CSCCS1)C(=O)NC(N)=O. The fraction of sp³-hybridized carbons (Fsp3) is 0.778. The van der Waals surface area contributed by atoms with Crippen molar-refractivity contribution < 1.29 is 9.59 Å². The van der Waals surface area contributed by atoms with Crippen molar-refractivity contribution in [1.29, 1.82) is 0 Å². The summed E-state index contributed by atoms with van der Waals surface area (Å²) >= 11 is 3.86. The molecule has 0 saturated carbocycles. The van der Waals surface area contributed by atoms with Crippen molar-refractivity contribution in [3.8, 4) is 0 Å². The first-order valence-electron chi connectivity index (χ1n) is 5.12. The first-order valence-corrected chi connectivity index (χ1v) is 7.33. The molecule has 0 aromatic rings. The summed E-state index contributed by atoms with van der Waals surface area (Å²) in [7, 11) is 0. The summed E-state index contributed by atoms with van der Waals surface area (Å²) in [6, 6.07) is -1.19. The highest BCUT2D eigenvalue weighted by Crippen LogP contribution is 2.23. The number of imide groups is 1. The van der Waals surface area contributed by atoms with Gasteiger partial charge < -0.3 is 11.1 Å². The quantitative estimate of drug-likeness (QED) is 0.665. The highest BCUT2D eigenvalue weighted by atomic mass is 32.2. The lowest BCUT2D eigenvalue weighted by molar-refractivity contribution is -0.121. The lowest BCUT2D eigenvalue weighted by Crippen LogP contribution is -2.48. The van der Waals surface area contributed by atoms with Crippen LogP contribution in [-0.4, -0.2) is 47.0 Å². The fourth-order valence-corrected chi connectivity index (χ4v) is 3.91. The summed E-state index contributed by atoms with van der Waals surface area (Å²) in [5.41, 5.74) is 4.86. The van der Waals surface area contributed by atoms with Gasteiger partial charge in [0, 0.05) is 29.1 Å². The molecule has 2 atom stereocenters. The van der Waals surface area contributed by atoms with E-state index in [4.69, 9.17) is 5.73 Å². The lowest BCUT2D eigenvalue weighted by atomic mass is 10.3. The van der Waals surface area contributed by atoms with Crippen molar-refractivity contribution >= 4 is 35.5 Å². The zero-order valence-electron chi connectivity index (χ0n) is 9.19. The molecule has 5 nitrogen and oxygen atoms in total.